The largest absolute Gasteiger partial charge is 0.482 e. The van der Waals surface area contributed by atoms with Crippen molar-refractivity contribution in [2.24, 2.45) is 0 Å². The molecule has 5 rings (SSSR count). The molecule has 1 aromatic heterocycles. The molecule has 4 aromatic rings. The number of aromatic nitrogens is 2. The topological polar surface area (TPSA) is 84.7 Å². The number of carbonyl (C=O) groups excluding carboxylic acids is 1. The van der Waals surface area contributed by atoms with Crippen molar-refractivity contribution in [1.29, 1.82) is 0 Å². The molecule has 0 spiro atoms. The number of ether oxygens (including phenoxy) is 1. The molecule has 196 valence electrons. The zero-order chi connectivity index (χ0) is 27.0. The Hall–Kier alpha value is -3.98. The number of fused-ring (bicyclic) bond motifs is 2. The first-order valence-corrected chi connectivity index (χ1v) is 12.4. The van der Waals surface area contributed by atoms with Gasteiger partial charge in [-0.3, -0.25) is 9.48 Å². The summed E-state index contributed by atoms with van der Waals surface area (Å²) < 4.78 is 35.1. The summed E-state index contributed by atoms with van der Waals surface area (Å²) in [5.74, 6) is -1.86. The molecule has 1 aliphatic rings. The number of aliphatic carboxylic acids is 1. The second-order valence-electron chi connectivity index (χ2n) is 9.17. The molecule has 10 heteroatoms. The standard InChI is InChI=1S/C28H24ClF2N3O4/c1-16-21-5-3-20(31)14-24(21)34(32-16)11-9-26(35)33-10-8-17-12-19(30)4-6-22(17)28(33)23-13-18(29)2-7-25(23)38-15-27(36)37/h2-7,12-14,28H,8-11,15H2,1H3,(H,36,37)/t28-/m0/s1. The number of aryl methyl sites for hydroxylation is 2. The summed E-state index contributed by atoms with van der Waals surface area (Å²) >= 11 is 6.31. The number of carboxylic acids is 1. The number of hydrogen-bond acceptors (Lipinski definition) is 4. The molecule has 0 bridgehead atoms. The van der Waals surface area contributed by atoms with E-state index < -0.39 is 18.6 Å². The van der Waals surface area contributed by atoms with Crippen molar-refractivity contribution in [1.82, 2.24) is 14.7 Å². The maximum absolute atomic E-state index is 14.1. The fraction of sp³-hybridized carbons (Fsp3) is 0.250. The van der Waals surface area contributed by atoms with Crippen LogP contribution >= 0.6 is 11.6 Å². The number of nitrogens with zero attached hydrogens (tertiary/aromatic N) is 3. The molecule has 0 fully saturated rings. The normalized spacial score (nSPS) is 14.9. The highest BCUT2D eigenvalue weighted by atomic mass is 35.5. The van der Waals surface area contributed by atoms with Crippen LogP contribution in [-0.4, -0.2) is 44.8 Å². The summed E-state index contributed by atoms with van der Waals surface area (Å²) in [5.41, 5.74) is 3.29. The van der Waals surface area contributed by atoms with Crippen molar-refractivity contribution in [3.63, 3.8) is 0 Å². The lowest BCUT2D eigenvalue weighted by atomic mass is 9.87. The molecule has 0 saturated carbocycles. The van der Waals surface area contributed by atoms with E-state index in [9.17, 15) is 18.4 Å². The van der Waals surface area contributed by atoms with Gasteiger partial charge >= 0.3 is 5.97 Å². The van der Waals surface area contributed by atoms with Gasteiger partial charge in [0.2, 0.25) is 5.91 Å². The zero-order valence-corrected chi connectivity index (χ0v) is 21.2. The minimum atomic E-state index is -1.15. The Morgan fingerprint density at radius 1 is 1.08 bits per heavy atom. The highest BCUT2D eigenvalue weighted by molar-refractivity contribution is 6.30. The molecule has 1 N–H and O–H groups in total. The van der Waals surface area contributed by atoms with E-state index in [1.165, 1.54) is 24.3 Å². The average molecular weight is 540 g/mol. The monoisotopic (exact) mass is 539 g/mol. The summed E-state index contributed by atoms with van der Waals surface area (Å²) in [6, 6.07) is 12.9. The molecule has 0 unspecified atom stereocenters. The second kappa shape index (κ2) is 10.4. The van der Waals surface area contributed by atoms with Crippen molar-refractivity contribution in [3.8, 4) is 5.75 Å². The van der Waals surface area contributed by atoms with Crippen molar-refractivity contribution < 1.29 is 28.2 Å². The molecule has 2 heterocycles. The van der Waals surface area contributed by atoms with E-state index >= 15 is 0 Å². The Bertz CT molecular complexity index is 1550. The number of halogens is 3. The predicted molar refractivity (Wildman–Crippen MR) is 137 cm³/mol. The van der Waals surface area contributed by atoms with Gasteiger partial charge in [-0.15, -0.1) is 0 Å². The van der Waals surface area contributed by atoms with E-state index in [4.69, 9.17) is 21.4 Å². The smallest absolute Gasteiger partial charge is 0.341 e. The van der Waals surface area contributed by atoms with Crippen molar-refractivity contribution in [2.45, 2.75) is 32.4 Å². The van der Waals surface area contributed by atoms with Crippen LogP contribution in [0.25, 0.3) is 10.9 Å². The number of amides is 1. The SMILES string of the molecule is Cc1nn(CCC(=O)N2CCc3cc(F)ccc3[C@H]2c2cc(Cl)ccc2OCC(=O)O)c2cc(F)ccc12. The molecule has 38 heavy (non-hydrogen) atoms. The Balaban J connectivity index is 1.50. The molecule has 1 amide bonds. The Morgan fingerprint density at radius 3 is 2.63 bits per heavy atom. The van der Waals surface area contributed by atoms with Crippen LogP contribution in [-0.2, 0) is 22.6 Å². The first kappa shape index (κ1) is 25.7. The number of carbonyl (C=O) groups is 2. The molecule has 0 radical (unpaired) electrons. The quantitative estimate of drug-likeness (QED) is 0.344. The highest BCUT2D eigenvalue weighted by Gasteiger charge is 2.34. The lowest BCUT2D eigenvalue weighted by Crippen LogP contribution is -2.41. The molecule has 3 aromatic carbocycles. The Kier molecular flexibility index (Phi) is 7.03. The van der Waals surface area contributed by atoms with Gasteiger partial charge in [-0.05, 0) is 73.0 Å². The van der Waals surface area contributed by atoms with E-state index in [-0.39, 0.29) is 36.3 Å². The van der Waals surface area contributed by atoms with Crippen LogP contribution in [0.2, 0.25) is 5.02 Å². The molecular weight excluding hydrogens is 516 g/mol. The Morgan fingerprint density at radius 2 is 1.84 bits per heavy atom. The predicted octanol–water partition coefficient (Wildman–Crippen LogP) is 5.30. The molecular formula is C28H24ClF2N3O4. The van der Waals surface area contributed by atoms with Crippen LogP contribution in [0.1, 0.15) is 34.8 Å². The molecule has 7 nitrogen and oxygen atoms in total. The minimum absolute atomic E-state index is 0.0750. The third-order valence-corrected chi connectivity index (χ3v) is 6.94. The summed E-state index contributed by atoms with van der Waals surface area (Å²) in [4.78, 5) is 26.5. The third kappa shape index (κ3) is 5.06. The van der Waals surface area contributed by atoms with E-state index in [0.29, 0.717) is 34.6 Å². The summed E-state index contributed by atoms with van der Waals surface area (Å²) in [6.45, 7) is 1.78. The third-order valence-electron chi connectivity index (χ3n) is 6.71. The van der Waals surface area contributed by atoms with Gasteiger partial charge < -0.3 is 14.7 Å². The van der Waals surface area contributed by atoms with Crippen molar-refractivity contribution in [2.75, 3.05) is 13.2 Å². The molecule has 1 atom stereocenters. The van der Waals surface area contributed by atoms with Crippen LogP contribution < -0.4 is 4.74 Å². The van der Waals surface area contributed by atoms with Gasteiger partial charge in [0.1, 0.15) is 17.4 Å². The van der Waals surface area contributed by atoms with Crippen LogP contribution in [0.4, 0.5) is 8.78 Å². The van der Waals surface area contributed by atoms with Gasteiger partial charge in [-0.25, -0.2) is 13.6 Å². The lowest BCUT2D eigenvalue weighted by Gasteiger charge is -2.38. The molecule has 0 aliphatic carbocycles. The van der Waals surface area contributed by atoms with Crippen molar-refractivity contribution in [3.05, 3.63) is 93.6 Å². The summed E-state index contributed by atoms with van der Waals surface area (Å²) in [7, 11) is 0. The highest BCUT2D eigenvalue weighted by Crippen LogP contribution is 2.41. The van der Waals surface area contributed by atoms with Gasteiger partial charge in [0.15, 0.2) is 6.61 Å². The van der Waals surface area contributed by atoms with Gasteiger partial charge in [0, 0.05) is 28.9 Å². The summed E-state index contributed by atoms with van der Waals surface area (Å²) in [6.07, 6.45) is 0.516. The van der Waals surface area contributed by atoms with E-state index in [1.54, 1.807) is 39.9 Å². The van der Waals surface area contributed by atoms with Gasteiger partial charge in [-0.2, -0.15) is 5.10 Å². The fourth-order valence-corrected chi connectivity index (χ4v) is 5.21. The number of rotatable bonds is 7. The average Bonchev–Trinajstić information content (AvgIpc) is 3.19. The second-order valence-corrected chi connectivity index (χ2v) is 9.60. The van der Waals surface area contributed by atoms with E-state index in [1.807, 2.05) is 6.92 Å². The number of carboxylic acid groups (broad SMARTS) is 1. The molecule has 1 aliphatic heterocycles. The van der Waals surface area contributed by atoms with Crippen LogP contribution in [0.15, 0.2) is 54.6 Å². The van der Waals surface area contributed by atoms with Crippen LogP contribution in [0.3, 0.4) is 0 Å². The maximum Gasteiger partial charge on any atom is 0.341 e. The van der Waals surface area contributed by atoms with Gasteiger partial charge in [0.05, 0.1) is 23.8 Å². The van der Waals surface area contributed by atoms with Crippen molar-refractivity contribution >= 4 is 34.4 Å². The molecule has 0 saturated heterocycles. The minimum Gasteiger partial charge on any atom is -0.482 e. The zero-order valence-electron chi connectivity index (χ0n) is 20.5. The first-order valence-electron chi connectivity index (χ1n) is 12.1. The maximum atomic E-state index is 14.1. The number of benzene rings is 3. The van der Waals surface area contributed by atoms with Gasteiger partial charge in [-0.1, -0.05) is 17.7 Å². The first-order chi connectivity index (χ1) is 18.2. The van der Waals surface area contributed by atoms with Crippen LogP contribution in [0.5, 0.6) is 5.75 Å². The Labute approximate surface area is 222 Å². The fourth-order valence-electron chi connectivity index (χ4n) is 5.03. The lowest BCUT2D eigenvalue weighted by molar-refractivity contribution is -0.139. The van der Waals surface area contributed by atoms with E-state index in [0.717, 1.165) is 16.6 Å². The number of hydrogen-bond donors (Lipinski definition) is 1. The van der Waals surface area contributed by atoms with Gasteiger partial charge in [0.25, 0.3) is 0 Å². The van der Waals surface area contributed by atoms with E-state index in [2.05, 4.69) is 5.10 Å². The van der Waals surface area contributed by atoms with Crippen LogP contribution in [0, 0.1) is 18.6 Å². The summed E-state index contributed by atoms with van der Waals surface area (Å²) in [5, 5.41) is 14.8.